The van der Waals surface area contributed by atoms with Gasteiger partial charge in [0.2, 0.25) is 5.88 Å². The molecule has 1 fully saturated rings. The van der Waals surface area contributed by atoms with Crippen molar-refractivity contribution in [2.24, 2.45) is 0 Å². The molecular formula is C16H20N4O3S. The predicted molar refractivity (Wildman–Crippen MR) is 90.2 cm³/mol. The van der Waals surface area contributed by atoms with Crippen LogP contribution >= 0.6 is 11.3 Å². The molecule has 0 aliphatic heterocycles. The Morgan fingerprint density at radius 1 is 1.25 bits per heavy atom. The van der Waals surface area contributed by atoms with Crippen LogP contribution < -0.4 is 10.1 Å². The van der Waals surface area contributed by atoms with Crippen LogP contribution in [0.25, 0.3) is 10.7 Å². The number of carbonyl (C=O) groups excluding carboxylic acids is 1. The van der Waals surface area contributed by atoms with Crippen LogP contribution in [0.3, 0.4) is 0 Å². The first-order valence-corrected chi connectivity index (χ1v) is 8.73. The largest absolute Gasteiger partial charge is 0.481 e. The summed E-state index contributed by atoms with van der Waals surface area (Å²) in [7, 11) is 3.25. The van der Waals surface area contributed by atoms with E-state index >= 15 is 0 Å². The first kappa shape index (κ1) is 16.8. The van der Waals surface area contributed by atoms with E-state index in [1.165, 1.54) is 18.4 Å². The third-order valence-corrected chi connectivity index (χ3v) is 4.91. The number of hydrogen-bond donors (Lipinski definition) is 1. The third kappa shape index (κ3) is 3.88. The van der Waals surface area contributed by atoms with Crippen molar-refractivity contribution < 1.29 is 14.3 Å². The van der Waals surface area contributed by atoms with E-state index in [4.69, 9.17) is 9.47 Å². The minimum atomic E-state index is -0.206. The molecule has 2 aromatic heterocycles. The molecule has 2 heterocycles. The minimum Gasteiger partial charge on any atom is -0.481 e. The molecule has 3 rings (SSSR count). The van der Waals surface area contributed by atoms with Gasteiger partial charge in [0.25, 0.3) is 5.91 Å². The molecular weight excluding hydrogens is 328 g/mol. The average molecular weight is 348 g/mol. The first-order valence-electron chi connectivity index (χ1n) is 7.85. The maximum Gasteiger partial charge on any atom is 0.270 e. The monoisotopic (exact) mass is 348 g/mol. The second-order valence-electron chi connectivity index (χ2n) is 5.67. The van der Waals surface area contributed by atoms with Gasteiger partial charge in [0.15, 0.2) is 5.82 Å². The zero-order chi connectivity index (χ0) is 16.9. The lowest BCUT2D eigenvalue weighted by Gasteiger charge is -2.28. The van der Waals surface area contributed by atoms with E-state index in [0.717, 1.165) is 30.6 Å². The van der Waals surface area contributed by atoms with Crippen LogP contribution in [-0.2, 0) is 4.74 Å². The van der Waals surface area contributed by atoms with Crippen molar-refractivity contribution in [1.82, 2.24) is 20.3 Å². The molecule has 7 nitrogen and oxygen atoms in total. The predicted octanol–water partition coefficient (Wildman–Crippen LogP) is 2.30. The van der Waals surface area contributed by atoms with Crippen LogP contribution in [0.1, 0.15) is 36.2 Å². The Morgan fingerprint density at radius 3 is 2.67 bits per heavy atom. The first-order chi connectivity index (χ1) is 11.7. The van der Waals surface area contributed by atoms with Crippen LogP contribution in [-0.4, -0.2) is 47.2 Å². The molecule has 0 saturated heterocycles. The number of thiazole rings is 1. The van der Waals surface area contributed by atoms with E-state index in [1.54, 1.807) is 24.9 Å². The molecule has 128 valence electrons. The quantitative estimate of drug-likeness (QED) is 0.892. The van der Waals surface area contributed by atoms with Gasteiger partial charge in [-0.1, -0.05) is 0 Å². The van der Waals surface area contributed by atoms with Crippen LogP contribution in [0, 0.1) is 0 Å². The van der Waals surface area contributed by atoms with Crippen molar-refractivity contribution in [3.05, 3.63) is 23.5 Å². The van der Waals surface area contributed by atoms with Gasteiger partial charge < -0.3 is 14.8 Å². The van der Waals surface area contributed by atoms with Gasteiger partial charge in [-0.2, -0.15) is 4.98 Å². The van der Waals surface area contributed by atoms with Gasteiger partial charge >= 0.3 is 0 Å². The normalized spacial score (nSPS) is 20.6. The fourth-order valence-electron chi connectivity index (χ4n) is 2.78. The Kier molecular flexibility index (Phi) is 5.37. The SMILES string of the molecule is COc1cc(C(=O)NC2CCC(OC)CC2)nc(-c2cncs2)n1. The van der Waals surface area contributed by atoms with Crippen molar-refractivity contribution in [3.63, 3.8) is 0 Å². The number of rotatable bonds is 5. The second-order valence-corrected chi connectivity index (χ2v) is 6.55. The number of methoxy groups -OCH3 is 2. The van der Waals surface area contributed by atoms with E-state index < -0.39 is 0 Å². The summed E-state index contributed by atoms with van der Waals surface area (Å²) in [5, 5.41) is 3.05. The standard InChI is InChI=1S/C16H20N4O3S/c1-22-11-5-3-10(4-6-11)18-16(21)12-7-14(23-2)20-15(19-12)13-8-17-9-24-13/h7-11H,3-6H2,1-2H3,(H,18,21). The lowest BCUT2D eigenvalue weighted by molar-refractivity contribution is 0.0598. The highest BCUT2D eigenvalue weighted by Crippen LogP contribution is 2.23. The van der Waals surface area contributed by atoms with Crippen LogP contribution in [0.5, 0.6) is 5.88 Å². The molecule has 1 aliphatic rings. The molecule has 8 heteroatoms. The van der Waals surface area contributed by atoms with Gasteiger partial charge in [-0.25, -0.2) is 4.98 Å². The molecule has 1 aliphatic carbocycles. The Hall–Kier alpha value is -2.06. The summed E-state index contributed by atoms with van der Waals surface area (Å²) in [4.78, 5) is 26.0. The maximum absolute atomic E-state index is 12.6. The minimum absolute atomic E-state index is 0.150. The number of ether oxygens (including phenoxy) is 2. The van der Waals surface area contributed by atoms with Crippen LogP contribution in [0.2, 0.25) is 0 Å². The summed E-state index contributed by atoms with van der Waals surface area (Å²) in [6, 6.07) is 1.71. The average Bonchev–Trinajstić information content (AvgIpc) is 3.16. The number of aromatic nitrogens is 3. The summed E-state index contributed by atoms with van der Waals surface area (Å²) in [6.07, 6.45) is 5.71. The van der Waals surface area contributed by atoms with Crippen LogP contribution in [0.4, 0.5) is 0 Å². The zero-order valence-electron chi connectivity index (χ0n) is 13.7. The van der Waals surface area contributed by atoms with Gasteiger partial charge in [-0.3, -0.25) is 9.78 Å². The smallest absolute Gasteiger partial charge is 0.270 e. The summed E-state index contributed by atoms with van der Waals surface area (Å²) >= 11 is 1.42. The molecule has 0 atom stereocenters. The topological polar surface area (TPSA) is 86.2 Å². The van der Waals surface area contributed by atoms with Crippen molar-refractivity contribution in [2.45, 2.75) is 37.8 Å². The molecule has 0 radical (unpaired) electrons. The molecule has 1 N–H and O–H groups in total. The highest BCUT2D eigenvalue weighted by Gasteiger charge is 2.23. The van der Waals surface area contributed by atoms with Crippen molar-refractivity contribution in [1.29, 1.82) is 0 Å². The maximum atomic E-state index is 12.6. The zero-order valence-corrected chi connectivity index (χ0v) is 14.5. The van der Waals surface area contributed by atoms with Crippen molar-refractivity contribution >= 4 is 17.2 Å². The fourth-order valence-corrected chi connectivity index (χ4v) is 3.34. The third-order valence-electron chi connectivity index (χ3n) is 4.14. The summed E-state index contributed by atoms with van der Waals surface area (Å²) in [6.45, 7) is 0. The molecule has 2 aromatic rings. The molecule has 0 unspecified atom stereocenters. The highest BCUT2D eigenvalue weighted by atomic mass is 32.1. The molecule has 0 aromatic carbocycles. The van der Waals surface area contributed by atoms with Gasteiger partial charge in [0.1, 0.15) is 5.69 Å². The van der Waals surface area contributed by atoms with E-state index in [1.807, 2.05) is 0 Å². The summed E-state index contributed by atoms with van der Waals surface area (Å²) < 4.78 is 10.6. The Balaban J connectivity index is 1.73. The Bertz CT molecular complexity index is 685. The van der Waals surface area contributed by atoms with Crippen molar-refractivity contribution in [3.8, 4) is 16.6 Å². The number of nitrogens with one attached hydrogen (secondary N) is 1. The molecule has 24 heavy (non-hydrogen) atoms. The van der Waals surface area contributed by atoms with Gasteiger partial charge in [-0.15, -0.1) is 11.3 Å². The number of nitrogens with zero attached hydrogens (tertiary/aromatic N) is 3. The molecule has 1 amide bonds. The number of hydrogen-bond acceptors (Lipinski definition) is 7. The van der Waals surface area contributed by atoms with E-state index in [0.29, 0.717) is 23.5 Å². The lowest BCUT2D eigenvalue weighted by Crippen LogP contribution is -2.39. The highest BCUT2D eigenvalue weighted by molar-refractivity contribution is 7.13. The second kappa shape index (κ2) is 7.67. The summed E-state index contributed by atoms with van der Waals surface area (Å²) in [5.41, 5.74) is 2.01. The molecule has 1 saturated carbocycles. The number of carbonyl (C=O) groups is 1. The van der Waals surface area contributed by atoms with Crippen molar-refractivity contribution in [2.75, 3.05) is 14.2 Å². The molecule has 0 spiro atoms. The van der Waals surface area contributed by atoms with Gasteiger partial charge in [-0.05, 0) is 25.7 Å². The summed E-state index contributed by atoms with van der Waals surface area (Å²) in [5.74, 6) is 0.606. The Morgan fingerprint density at radius 2 is 2.04 bits per heavy atom. The lowest BCUT2D eigenvalue weighted by atomic mass is 9.93. The van der Waals surface area contributed by atoms with E-state index in [2.05, 4.69) is 20.3 Å². The van der Waals surface area contributed by atoms with Gasteiger partial charge in [0, 0.05) is 25.4 Å². The Labute approximate surface area is 144 Å². The van der Waals surface area contributed by atoms with E-state index in [-0.39, 0.29) is 11.9 Å². The fraction of sp³-hybridized carbons (Fsp3) is 0.500. The van der Waals surface area contributed by atoms with E-state index in [9.17, 15) is 4.79 Å². The molecule has 0 bridgehead atoms. The number of amides is 1. The van der Waals surface area contributed by atoms with Gasteiger partial charge in [0.05, 0.1) is 23.6 Å². The van der Waals surface area contributed by atoms with Crippen LogP contribution in [0.15, 0.2) is 17.8 Å².